The lowest BCUT2D eigenvalue weighted by Gasteiger charge is -2.29. The lowest BCUT2D eigenvalue weighted by molar-refractivity contribution is -0.130. The molecular formula is C19H25ClN2O5S. The first kappa shape index (κ1) is 21.1. The van der Waals surface area contributed by atoms with Crippen LogP contribution in [0.2, 0.25) is 5.02 Å². The van der Waals surface area contributed by atoms with Gasteiger partial charge in [-0.15, -0.1) is 0 Å². The number of sulfonamides is 1. The second-order valence-electron chi connectivity index (χ2n) is 7.87. The lowest BCUT2D eigenvalue weighted by Crippen LogP contribution is -2.45. The van der Waals surface area contributed by atoms with Gasteiger partial charge in [0.2, 0.25) is 10.0 Å². The van der Waals surface area contributed by atoms with Gasteiger partial charge in [0.05, 0.1) is 10.6 Å². The standard InChI is InChI=1S/C19H25ClN2O5S/c1-10(15-8-12-3-4-13(15)7-12)22-18(23)11(2)27-19(24)14-5-6-16(20)17(9-14)28(21,25)26/h5-6,9-13,15H,3-4,7-8H2,1-2H3,(H,22,23)(H2,21,25,26)/t10-,11+,12+,13+,15+/m1/s1. The van der Waals surface area contributed by atoms with Gasteiger partial charge in [-0.25, -0.2) is 18.4 Å². The Morgan fingerprint density at radius 2 is 1.96 bits per heavy atom. The van der Waals surface area contributed by atoms with Crippen LogP contribution in [0.25, 0.3) is 0 Å². The third-order valence-corrected chi connectivity index (χ3v) is 7.32. The molecule has 2 fully saturated rings. The van der Waals surface area contributed by atoms with Crippen LogP contribution < -0.4 is 10.5 Å². The number of fused-ring (bicyclic) bond motifs is 2. The first-order valence-electron chi connectivity index (χ1n) is 9.40. The molecule has 3 N–H and O–H groups in total. The predicted molar refractivity (Wildman–Crippen MR) is 104 cm³/mol. The minimum atomic E-state index is -4.08. The van der Waals surface area contributed by atoms with Crippen LogP contribution in [0, 0.1) is 17.8 Å². The second kappa shape index (κ2) is 8.00. The van der Waals surface area contributed by atoms with Crippen LogP contribution in [0.5, 0.6) is 0 Å². The molecule has 2 aliphatic rings. The highest BCUT2D eigenvalue weighted by atomic mass is 35.5. The van der Waals surface area contributed by atoms with Crippen molar-refractivity contribution in [2.24, 2.45) is 22.9 Å². The molecule has 1 aromatic rings. The zero-order chi connectivity index (χ0) is 20.6. The summed E-state index contributed by atoms with van der Waals surface area (Å²) in [6.45, 7) is 3.48. The third kappa shape index (κ3) is 4.50. The van der Waals surface area contributed by atoms with Gasteiger partial charge in [-0.3, -0.25) is 4.79 Å². The molecular weight excluding hydrogens is 404 g/mol. The summed E-state index contributed by atoms with van der Waals surface area (Å²) in [5, 5.41) is 7.95. The highest BCUT2D eigenvalue weighted by Crippen LogP contribution is 2.49. The Morgan fingerprint density at radius 3 is 2.54 bits per heavy atom. The van der Waals surface area contributed by atoms with E-state index in [0.717, 1.165) is 18.4 Å². The number of ether oxygens (including phenoxy) is 1. The molecule has 9 heteroatoms. The smallest absolute Gasteiger partial charge is 0.338 e. The van der Waals surface area contributed by atoms with E-state index in [1.165, 1.54) is 38.3 Å². The van der Waals surface area contributed by atoms with E-state index in [2.05, 4.69) is 5.32 Å². The molecule has 2 saturated carbocycles. The van der Waals surface area contributed by atoms with Gasteiger partial charge in [0, 0.05) is 6.04 Å². The minimum absolute atomic E-state index is 0.0217. The van der Waals surface area contributed by atoms with Crippen molar-refractivity contribution < 1.29 is 22.7 Å². The molecule has 0 radical (unpaired) electrons. The van der Waals surface area contributed by atoms with E-state index in [0.29, 0.717) is 11.8 Å². The number of rotatable bonds is 6. The zero-order valence-corrected chi connectivity index (χ0v) is 17.4. The van der Waals surface area contributed by atoms with Crippen molar-refractivity contribution in [2.75, 3.05) is 0 Å². The zero-order valence-electron chi connectivity index (χ0n) is 15.9. The molecule has 1 amide bonds. The van der Waals surface area contributed by atoms with Crippen LogP contribution in [0.4, 0.5) is 0 Å². The lowest BCUT2D eigenvalue weighted by atomic mass is 9.84. The van der Waals surface area contributed by atoms with Gasteiger partial charge in [-0.05, 0) is 69.1 Å². The molecule has 5 atom stereocenters. The fourth-order valence-electron chi connectivity index (χ4n) is 4.49. The maximum Gasteiger partial charge on any atom is 0.338 e. The fraction of sp³-hybridized carbons (Fsp3) is 0.579. The highest BCUT2D eigenvalue weighted by Gasteiger charge is 2.42. The number of nitrogens with two attached hydrogens (primary N) is 1. The molecule has 154 valence electrons. The number of hydrogen-bond acceptors (Lipinski definition) is 5. The summed E-state index contributed by atoms with van der Waals surface area (Å²) < 4.78 is 28.3. The number of hydrogen-bond donors (Lipinski definition) is 2. The Balaban J connectivity index is 1.60. The van der Waals surface area contributed by atoms with E-state index < -0.39 is 22.1 Å². The third-order valence-electron chi connectivity index (χ3n) is 5.93. The summed E-state index contributed by atoms with van der Waals surface area (Å²) in [4.78, 5) is 24.4. The number of carbonyl (C=O) groups excluding carboxylic acids is 2. The quantitative estimate of drug-likeness (QED) is 0.675. The van der Waals surface area contributed by atoms with Crippen molar-refractivity contribution >= 4 is 33.5 Å². The Hall–Kier alpha value is -1.64. The topological polar surface area (TPSA) is 116 Å². The number of carbonyl (C=O) groups is 2. The van der Waals surface area contributed by atoms with Crippen molar-refractivity contribution in [2.45, 2.75) is 56.6 Å². The number of amides is 1. The maximum atomic E-state index is 12.4. The number of benzene rings is 1. The average molecular weight is 429 g/mol. The molecule has 2 bridgehead atoms. The summed E-state index contributed by atoms with van der Waals surface area (Å²) in [6, 6.07) is 3.64. The summed E-state index contributed by atoms with van der Waals surface area (Å²) >= 11 is 5.81. The van der Waals surface area contributed by atoms with Gasteiger partial charge in [0.1, 0.15) is 4.90 Å². The van der Waals surface area contributed by atoms with Gasteiger partial charge in [0.15, 0.2) is 6.10 Å². The summed E-state index contributed by atoms with van der Waals surface area (Å²) in [5.41, 5.74) is -0.0470. The van der Waals surface area contributed by atoms with Crippen LogP contribution in [-0.4, -0.2) is 32.4 Å². The molecule has 2 aliphatic carbocycles. The number of halogens is 1. The molecule has 0 heterocycles. The summed E-state index contributed by atoms with van der Waals surface area (Å²) in [7, 11) is -4.08. The van der Waals surface area contributed by atoms with Crippen molar-refractivity contribution in [1.29, 1.82) is 0 Å². The van der Waals surface area contributed by atoms with E-state index in [4.69, 9.17) is 21.5 Å². The van der Waals surface area contributed by atoms with E-state index in [1.54, 1.807) is 0 Å². The Bertz CT molecular complexity index is 888. The monoisotopic (exact) mass is 428 g/mol. The second-order valence-corrected chi connectivity index (χ2v) is 9.81. The van der Waals surface area contributed by atoms with E-state index in [1.807, 2.05) is 6.92 Å². The predicted octanol–water partition coefficient (Wildman–Crippen LogP) is 2.47. The largest absolute Gasteiger partial charge is 0.449 e. The van der Waals surface area contributed by atoms with Gasteiger partial charge in [0.25, 0.3) is 5.91 Å². The van der Waals surface area contributed by atoms with E-state index in [-0.39, 0.29) is 27.4 Å². The van der Waals surface area contributed by atoms with Crippen molar-refractivity contribution in [1.82, 2.24) is 5.32 Å². The van der Waals surface area contributed by atoms with Crippen LogP contribution in [-0.2, 0) is 19.6 Å². The molecule has 0 aromatic heterocycles. The molecule has 0 aliphatic heterocycles. The first-order valence-corrected chi connectivity index (χ1v) is 11.3. The maximum absolute atomic E-state index is 12.4. The summed E-state index contributed by atoms with van der Waals surface area (Å²) in [5.74, 6) is 0.728. The van der Waals surface area contributed by atoms with Crippen LogP contribution >= 0.6 is 11.6 Å². The fourth-order valence-corrected chi connectivity index (χ4v) is 5.56. The number of esters is 1. The van der Waals surface area contributed by atoms with E-state index in [9.17, 15) is 18.0 Å². The Morgan fingerprint density at radius 1 is 1.25 bits per heavy atom. The van der Waals surface area contributed by atoms with Gasteiger partial charge >= 0.3 is 5.97 Å². The molecule has 0 saturated heterocycles. The normalized spacial score (nSPS) is 25.9. The Labute approximate surface area is 170 Å². The van der Waals surface area contributed by atoms with Gasteiger partial charge in [-0.1, -0.05) is 18.0 Å². The van der Waals surface area contributed by atoms with Gasteiger partial charge < -0.3 is 10.1 Å². The van der Waals surface area contributed by atoms with Crippen molar-refractivity contribution in [3.63, 3.8) is 0 Å². The van der Waals surface area contributed by atoms with Crippen LogP contribution in [0.15, 0.2) is 23.1 Å². The van der Waals surface area contributed by atoms with Crippen LogP contribution in [0.3, 0.4) is 0 Å². The van der Waals surface area contributed by atoms with Crippen molar-refractivity contribution in [3.8, 4) is 0 Å². The van der Waals surface area contributed by atoms with Gasteiger partial charge in [-0.2, -0.15) is 0 Å². The SMILES string of the molecule is C[C@H](OC(=O)c1ccc(Cl)c(S(N)(=O)=O)c1)C(=O)N[C@H](C)[C@@H]1C[C@H]2CC[C@H]1C2. The molecule has 7 nitrogen and oxygen atoms in total. The number of primary sulfonamides is 1. The molecule has 1 aromatic carbocycles. The van der Waals surface area contributed by atoms with E-state index >= 15 is 0 Å². The Kier molecular flexibility index (Phi) is 6.03. The highest BCUT2D eigenvalue weighted by molar-refractivity contribution is 7.89. The number of nitrogens with one attached hydrogen (secondary N) is 1. The summed E-state index contributed by atoms with van der Waals surface area (Å²) in [6.07, 6.45) is 3.89. The molecule has 3 rings (SSSR count). The molecule has 0 unspecified atom stereocenters. The molecule has 28 heavy (non-hydrogen) atoms. The molecule has 0 spiro atoms. The average Bonchev–Trinajstić information content (AvgIpc) is 3.24. The first-order chi connectivity index (χ1) is 13.1. The van der Waals surface area contributed by atoms with Crippen LogP contribution in [0.1, 0.15) is 49.9 Å². The van der Waals surface area contributed by atoms with Crippen molar-refractivity contribution in [3.05, 3.63) is 28.8 Å². The minimum Gasteiger partial charge on any atom is -0.449 e.